The van der Waals surface area contributed by atoms with Gasteiger partial charge < -0.3 is 19.3 Å². The highest BCUT2D eigenvalue weighted by molar-refractivity contribution is 5.95. The summed E-state index contributed by atoms with van der Waals surface area (Å²) in [4.78, 5) is 34.1. The van der Waals surface area contributed by atoms with Crippen molar-refractivity contribution in [3.63, 3.8) is 0 Å². The van der Waals surface area contributed by atoms with Crippen LogP contribution in [0.4, 0.5) is 0 Å². The van der Waals surface area contributed by atoms with Crippen LogP contribution in [0.3, 0.4) is 0 Å². The average Bonchev–Trinajstić information content (AvgIpc) is 3.21. The fraction of sp³-hybridized carbons (Fsp3) is 0.636. The van der Waals surface area contributed by atoms with Crippen molar-refractivity contribution in [3.8, 4) is 11.5 Å². The van der Waals surface area contributed by atoms with Gasteiger partial charge in [0.2, 0.25) is 12.7 Å². The molecule has 162 valence electrons. The van der Waals surface area contributed by atoms with Crippen molar-refractivity contribution in [1.82, 2.24) is 19.6 Å². The molecule has 3 fully saturated rings. The Morgan fingerprint density at radius 2 is 1.57 bits per heavy atom. The van der Waals surface area contributed by atoms with Gasteiger partial charge in [0.05, 0.1) is 6.54 Å². The molecule has 8 nitrogen and oxygen atoms in total. The Kier molecular flexibility index (Phi) is 5.52. The van der Waals surface area contributed by atoms with Crippen LogP contribution in [-0.2, 0) is 4.79 Å². The van der Waals surface area contributed by atoms with E-state index in [1.165, 1.54) is 19.3 Å². The lowest BCUT2D eigenvalue weighted by atomic mass is 9.91. The maximum absolute atomic E-state index is 12.8. The fourth-order valence-corrected chi connectivity index (χ4v) is 4.70. The highest BCUT2D eigenvalue weighted by Crippen LogP contribution is 2.33. The SMILES string of the molecule is O=C(CN1CCN(C(=O)c2ccc3c(c2)OCO3)CC1)N1CCN(C2CCC2)CC1. The standard InChI is InChI=1S/C22H30N4O4/c27-21(25-12-10-24(11-13-25)18-2-1-3-18)15-23-6-8-26(9-7-23)22(28)17-4-5-19-20(14-17)30-16-29-19/h4-5,14,18H,1-3,6-13,15-16H2. The highest BCUT2D eigenvalue weighted by Gasteiger charge is 2.30. The minimum Gasteiger partial charge on any atom is -0.454 e. The van der Waals surface area contributed by atoms with Gasteiger partial charge in [-0.15, -0.1) is 0 Å². The van der Waals surface area contributed by atoms with Crippen LogP contribution >= 0.6 is 0 Å². The zero-order chi connectivity index (χ0) is 20.5. The molecule has 0 unspecified atom stereocenters. The summed E-state index contributed by atoms with van der Waals surface area (Å²) < 4.78 is 10.7. The number of amides is 2. The first-order valence-corrected chi connectivity index (χ1v) is 11.1. The number of rotatable bonds is 4. The van der Waals surface area contributed by atoms with Crippen LogP contribution in [0.5, 0.6) is 11.5 Å². The Balaban J connectivity index is 1.08. The molecule has 4 aliphatic rings. The molecule has 3 aliphatic heterocycles. The molecule has 3 heterocycles. The molecule has 0 N–H and O–H groups in total. The Morgan fingerprint density at radius 1 is 0.867 bits per heavy atom. The monoisotopic (exact) mass is 414 g/mol. The lowest BCUT2D eigenvalue weighted by molar-refractivity contribution is -0.135. The van der Waals surface area contributed by atoms with E-state index in [-0.39, 0.29) is 18.6 Å². The number of ether oxygens (including phenoxy) is 2. The van der Waals surface area contributed by atoms with Gasteiger partial charge in [-0.3, -0.25) is 19.4 Å². The number of carbonyl (C=O) groups is 2. The van der Waals surface area contributed by atoms with Gasteiger partial charge in [-0.05, 0) is 31.0 Å². The van der Waals surface area contributed by atoms with Crippen LogP contribution in [0.25, 0.3) is 0 Å². The van der Waals surface area contributed by atoms with Crippen molar-refractivity contribution in [2.45, 2.75) is 25.3 Å². The van der Waals surface area contributed by atoms with Crippen molar-refractivity contribution < 1.29 is 19.1 Å². The van der Waals surface area contributed by atoms with Gasteiger partial charge in [0.25, 0.3) is 5.91 Å². The van der Waals surface area contributed by atoms with Gasteiger partial charge in [0, 0.05) is 64.0 Å². The normalized spacial score (nSPS) is 22.8. The van der Waals surface area contributed by atoms with Crippen LogP contribution in [-0.4, -0.2) is 103 Å². The summed E-state index contributed by atoms with van der Waals surface area (Å²) >= 11 is 0. The number of nitrogens with zero attached hydrogens (tertiary/aromatic N) is 4. The maximum Gasteiger partial charge on any atom is 0.254 e. The van der Waals surface area contributed by atoms with Crippen molar-refractivity contribution in [3.05, 3.63) is 23.8 Å². The van der Waals surface area contributed by atoms with Gasteiger partial charge in [-0.2, -0.15) is 0 Å². The molecule has 0 bridgehead atoms. The number of piperazine rings is 2. The van der Waals surface area contributed by atoms with Crippen molar-refractivity contribution >= 4 is 11.8 Å². The van der Waals surface area contributed by atoms with Gasteiger partial charge in [-0.25, -0.2) is 0 Å². The van der Waals surface area contributed by atoms with E-state index in [9.17, 15) is 9.59 Å². The molecule has 0 aromatic heterocycles. The zero-order valence-corrected chi connectivity index (χ0v) is 17.4. The molecule has 2 amide bonds. The molecule has 30 heavy (non-hydrogen) atoms. The number of fused-ring (bicyclic) bond motifs is 1. The summed E-state index contributed by atoms with van der Waals surface area (Å²) in [6, 6.07) is 6.09. The molecule has 1 aromatic carbocycles. The third-order valence-corrected chi connectivity index (χ3v) is 6.90. The summed E-state index contributed by atoms with van der Waals surface area (Å²) in [5.41, 5.74) is 0.619. The summed E-state index contributed by atoms with van der Waals surface area (Å²) in [6.07, 6.45) is 4.00. The van der Waals surface area contributed by atoms with Crippen LogP contribution in [0, 0.1) is 0 Å². The van der Waals surface area contributed by atoms with E-state index >= 15 is 0 Å². The predicted molar refractivity (Wildman–Crippen MR) is 111 cm³/mol. The van der Waals surface area contributed by atoms with E-state index in [1.54, 1.807) is 18.2 Å². The maximum atomic E-state index is 12.8. The average molecular weight is 415 g/mol. The third kappa shape index (κ3) is 3.98. The van der Waals surface area contributed by atoms with Crippen molar-refractivity contribution in [1.29, 1.82) is 0 Å². The second kappa shape index (κ2) is 8.43. The lowest BCUT2D eigenvalue weighted by Crippen LogP contribution is -2.56. The largest absolute Gasteiger partial charge is 0.454 e. The van der Waals surface area contributed by atoms with E-state index in [0.717, 1.165) is 45.3 Å². The molecule has 0 atom stereocenters. The third-order valence-electron chi connectivity index (χ3n) is 6.90. The molecular weight excluding hydrogens is 384 g/mol. The smallest absolute Gasteiger partial charge is 0.254 e. The molecular formula is C22H30N4O4. The molecule has 8 heteroatoms. The predicted octanol–water partition coefficient (Wildman–Crippen LogP) is 0.870. The van der Waals surface area contributed by atoms with Crippen molar-refractivity contribution in [2.24, 2.45) is 0 Å². The number of benzene rings is 1. The Labute approximate surface area is 177 Å². The van der Waals surface area contributed by atoms with E-state index in [4.69, 9.17) is 9.47 Å². The molecule has 1 aromatic rings. The second-order valence-corrected chi connectivity index (χ2v) is 8.64. The minimum atomic E-state index is 0.00592. The van der Waals surface area contributed by atoms with Gasteiger partial charge in [0.1, 0.15) is 0 Å². The number of carbonyl (C=O) groups excluding carboxylic acids is 2. The highest BCUT2D eigenvalue weighted by atomic mass is 16.7. The minimum absolute atomic E-state index is 0.00592. The van der Waals surface area contributed by atoms with Gasteiger partial charge in [-0.1, -0.05) is 6.42 Å². The van der Waals surface area contributed by atoms with Gasteiger partial charge in [0.15, 0.2) is 11.5 Å². The van der Waals surface area contributed by atoms with Crippen LogP contribution in [0.2, 0.25) is 0 Å². The number of hydrogen-bond acceptors (Lipinski definition) is 6. The molecule has 0 spiro atoms. The zero-order valence-electron chi connectivity index (χ0n) is 17.4. The first kappa shape index (κ1) is 19.6. The Morgan fingerprint density at radius 3 is 2.27 bits per heavy atom. The van der Waals surface area contributed by atoms with E-state index in [2.05, 4.69) is 9.80 Å². The van der Waals surface area contributed by atoms with Crippen LogP contribution < -0.4 is 9.47 Å². The van der Waals surface area contributed by atoms with E-state index in [0.29, 0.717) is 36.7 Å². The van der Waals surface area contributed by atoms with Gasteiger partial charge >= 0.3 is 0 Å². The van der Waals surface area contributed by atoms with Crippen LogP contribution in [0.1, 0.15) is 29.6 Å². The molecule has 2 saturated heterocycles. The molecule has 0 radical (unpaired) electrons. The number of hydrogen-bond donors (Lipinski definition) is 0. The summed E-state index contributed by atoms with van der Waals surface area (Å²) in [7, 11) is 0. The summed E-state index contributed by atoms with van der Waals surface area (Å²) in [6.45, 7) is 7.09. The molecule has 1 aliphatic carbocycles. The molecule has 5 rings (SSSR count). The fourth-order valence-electron chi connectivity index (χ4n) is 4.70. The Bertz CT molecular complexity index is 796. The summed E-state index contributed by atoms with van der Waals surface area (Å²) in [5, 5.41) is 0. The first-order valence-electron chi connectivity index (χ1n) is 11.1. The molecule has 1 saturated carbocycles. The van der Waals surface area contributed by atoms with Crippen LogP contribution in [0.15, 0.2) is 18.2 Å². The second-order valence-electron chi connectivity index (χ2n) is 8.64. The topological polar surface area (TPSA) is 65.6 Å². The van der Waals surface area contributed by atoms with Crippen molar-refractivity contribution in [2.75, 3.05) is 65.7 Å². The quantitative estimate of drug-likeness (QED) is 0.729. The van der Waals surface area contributed by atoms with E-state index in [1.807, 2.05) is 9.80 Å². The first-order chi connectivity index (χ1) is 14.7. The van der Waals surface area contributed by atoms with E-state index < -0.39 is 0 Å². The Hall–Kier alpha value is -2.32. The lowest BCUT2D eigenvalue weighted by Gasteiger charge is -2.43. The summed E-state index contributed by atoms with van der Waals surface area (Å²) in [5.74, 6) is 1.54.